The largest absolute Gasteiger partial charge is 0.379 e. The number of nitrogens with zero attached hydrogens (tertiary/aromatic N) is 1. The quantitative estimate of drug-likeness (QED) is 0.451. The number of fused-ring (bicyclic) bond motifs is 2. The van der Waals surface area contributed by atoms with E-state index >= 15 is 0 Å². The van der Waals surface area contributed by atoms with Gasteiger partial charge in [-0.2, -0.15) is 0 Å². The van der Waals surface area contributed by atoms with Gasteiger partial charge in [0.25, 0.3) is 0 Å². The van der Waals surface area contributed by atoms with Crippen molar-refractivity contribution in [3.8, 4) is 11.1 Å². The average Bonchev–Trinajstić information content (AvgIpc) is 3.36. The van der Waals surface area contributed by atoms with Gasteiger partial charge in [0.15, 0.2) is 0 Å². The first-order valence-corrected chi connectivity index (χ1v) is 14.5. The predicted octanol–water partition coefficient (Wildman–Crippen LogP) is 4.57. The van der Waals surface area contributed by atoms with Crippen molar-refractivity contribution in [3.63, 3.8) is 0 Å². The summed E-state index contributed by atoms with van der Waals surface area (Å²) in [7, 11) is 0. The van der Waals surface area contributed by atoms with Crippen molar-refractivity contribution < 1.29 is 14.3 Å². The van der Waals surface area contributed by atoms with Crippen LogP contribution in [-0.2, 0) is 19.7 Å². The van der Waals surface area contributed by atoms with Crippen molar-refractivity contribution in [1.82, 2.24) is 15.5 Å². The molecule has 2 amide bonds. The van der Waals surface area contributed by atoms with Gasteiger partial charge in [-0.15, -0.1) is 0 Å². The van der Waals surface area contributed by atoms with Crippen molar-refractivity contribution in [2.45, 2.75) is 51.1 Å². The minimum absolute atomic E-state index is 0.0578. The number of benzene rings is 2. The van der Waals surface area contributed by atoms with Crippen LogP contribution in [-0.4, -0.2) is 68.2 Å². The molecular weight excluding hydrogens is 568 g/mol. The molecule has 204 valence electrons. The Morgan fingerprint density at radius 1 is 1.24 bits per heavy atom. The van der Waals surface area contributed by atoms with E-state index in [-0.39, 0.29) is 23.3 Å². The second kappa shape index (κ2) is 10.9. The van der Waals surface area contributed by atoms with Crippen molar-refractivity contribution >= 4 is 45.0 Å². The SMILES string of the molecule is CC(C)(C)CC1NC(C(=O)NCCN2CCOCC2)CC12C(=O)Nc1cc(Cl)cc(-c3cccc(Br)c3)c12. The van der Waals surface area contributed by atoms with E-state index in [9.17, 15) is 9.59 Å². The number of ether oxygens (including phenoxy) is 1. The summed E-state index contributed by atoms with van der Waals surface area (Å²) in [5, 5.41) is 10.4. The molecule has 3 heterocycles. The smallest absolute Gasteiger partial charge is 0.237 e. The Bertz CT molecular complexity index is 1230. The van der Waals surface area contributed by atoms with Gasteiger partial charge in [0.05, 0.1) is 24.7 Å². The summed E-state index contributed by atoms with van der Waals surface area (Å²) in [5.74, 6) is -0.135. The molecule has 3 unspecified atom stereocenters. The number of anilines is 1. The minimum atomic E-state index is -0.892. The molecule has 3 atom stereocenters. The van der Waals surface area contributed by atoms with E-state index < -0.39 is 11.5 Å². The van der Waals surface area contributed by atoms with E-state index in [1.54, 1.807) is 0 Å². The first-order chi connectivity index (χ1) is 18.1. The number of morpholine rings is 1. The highest BCUT2D eigenvalue weighted by molar-refractivity contribution is 9.10. The number of amides is 2. The molecule has 2 aromatic carbocycles. The zero-order valence-electron chi connectivity index (χ0n) is 22.2. The fourth-order valence-corrected chi connectivity index (χ4v) is 6.77. The summed E-state index contributed by atoms with van der Waals surface area (Å²) in [4.78, 5) is 29.7. The van der Waals surface area contributed by atoms with Gasteiger partial charge in [0.2, 0.25) is 11.8 Å². The first-order valence-electron chi connectivity index (χ1n) is 13.3. The van der Waals surface area contributed by atoms with Crippen LogP contribution >= 0.6 is 27.5 Å². The maximum atomic E-state index is 13.9. The second-order valence-corrected chi connectivity index (χ2v) is 13.1. The lowest BCUT2D eigenvalue weighted by Gasteiger charge is -2.34. The van der Waals surface area contributed by atoms with E-state index in [2.05, 4.69) is 57.6 Å². The molecule has 0 aliphatic carbocycles. The molecule has 5 rings (SSSR count). The maximum absolute atomic E-state index is 13.9. The topological polar surface area (TPSA) is 82.7 Å². The standard InChI is InChI=1S/C29H36BrClN4O3/c1-28(2,3)17-24-29(16-23(33-24)26(36)32-7-8-35-9-11-38-12-10-35)25-21(18-5-4-6-19(30)13-18)14-20(31)15-22(25)34-27(29)37/h4-6,13-15,23-24,33H,7-12,16-17H2,1-3H3,(H,32,36)(H,34,37). The molecule has 2 saturated heterocycles. The number of nitrogens with one attached hydrogen (secondary N) is 3. The van der Waals surface area contributed by atoms with Crippen LogP contribution in [0.4, 0.5) is 5.69 Å². The summed E-state index contributed by atoms with van der Waals surface area (Å²) in [5.41, 5.74) is 2.60. The third kappa shape index (κ3) is 5.52. The van der Waals surface area contributed by atoms with Crippen LogP contribution in [0.3, 0.4) is 0 Å². The van der Waals surface area contributed by atoms with Crippen molar-refractivity contribution in [2.24, 2.45) is 5.41 Å². The fourth-order valence-electron chi connectivity index (χ4n) is 6.15. The Kier molecular flexibility index (Phi) is 7.91. The minimum Gasteiger partial charge on any atom is -0.379 e. The molecule has 3 aliphatic rings. The Labute approximate surface area is 238 Å². The number of halogens is 2. The fraction of sp³-hybridized carbons (Fsp3) is 0.517. The first kappa shape index (κ1) is 27.6. The van der Waals surface area contributed by atoms with E-state index in [0.717, 1.165) is 66.1 Å². The summed E-state index contributed by atoms with van der Waals surface area (Å²) in [6, 6.07) is 11.1. The van der Waals surface area contributed by atoms with Gasteiger partial charge < -0.3 is 20.7 Å². The monoisotopic (exact) mass is 602 g/mol. The van der Waals surface area contributed by atoms with Crippen molar-refractivity contribution in [3.05, 3.63) is 51.5 Å². The van der Waals surface area contributed by atoms with E-state index in [1.165, 1.54) is 0 Å². The third-order valence-electron chi connectivity index (χ3n) is 7.83. The van der Waals surface area contributed by atoms with Crippen molar-refractivity contribution in [1.29, 1.82) is 0 Å². The van der Waals surface area contributed by atoms with Gasteiger partial charge in [-0.05, 0) is 53.6 Å². The number of rotatable bonds is 6. The number of hydrogen-bond acceptors (Lipinski definition) is 5. The Balaban J connectivity index is 1.48. The number of carbonyl (C=O) groups excluding carboxylic acids is 2. The van der Waals surface area contributed by atoms with Crippen LogP contribution in [0.2, 0.25) is 5.02 Å². The van der Waals surface area contributed by atoms with Gasteiger partial charge >= 0.3 is 0 Å². The highest BCUT2D eigenvalue weighted by Crippen LogP contribution is 2.53. The average molecular weight is 604 g/mol. The maximum Gasteiger partial charge on any atom is 0.237 e. The van der Waals surface area contributed by atoms with E-state index in [1.807, 2.05) is 36.4 Å². The Morgan fingerprint density at radius 3 is 2.71 bits per heavy atom. The molecule has 0 radical (unpaired) electrons. The highest BCUT2D eigenvalue weighted by Gasteiger charge is 2.60. The molecule has 0 bridgehead atoms. The van der Waals surface area contributed by atoms with Gasteiger partial charge in [-0.1, -0.05) is 60.4 Å². The normalized spacial score (nSPS) is 25.4. The van der Waals surface area contributed by atoms with Crippen LogP contribution in [0, 0.1) is 5.41 Å². The predicted molar refractivity (Wildman–Crippen MR) is 155 cm³/mol. The van der Waals surface area contributed by atoms with Crippen LogP contribution in [0.25, 0.3) is 11.1 Å². The lowest BCUT2D eigenvalue weighted by Crippen LogP contribution is -2.49. The van der Waals surface area contributed by atoms with Gasteiger partial charge in [0, 0.05) is 53.0 Å². The van der Waals surface area contributed by atoms with Gasteiger partial charge in [0.1, 0.15) is 0 Å². The molecule has 2 aromatic rings. The van der Waals surface area contributed by atoms with Crippen LogP contribution in [0.5, 0.6) is 0 Å². The molecular formula is C29H36BrClN4O3. The molecule has 3 N–H and O–H groups in total. The second-order valence-electron chi connectivity index (χ2n) is 11.8. The molecule has 38 heavy (non-hydrogen) atoms. The molecule has 0 aromatic heterocycles. The summed E-state index contributed by atoms with van der Waals surface area (Å²) >= 11 is 10.1. The van der Waals surface area contributed by atoms with Crippen LogP contribution in [0.15, 0.2) is 40.9 Å². The van der Waals surface area contributed by atoms with E-state index in [0.29, 0.717) is 18.0 Å². The van der Waals surface area contributed by atoms with Gasteiger partial charge in [-0.25, -0.2) is 0 Å². The third-order valence-corrected chi connectivity index (χ3v) is 8.54. The summed E-state index contributed by atoms with van der Waals surface area (Å²) < 4.78 is 6.37. The Hall–Kier alpha value is -1.97. The van der Waals surface area contributed by atoms with E-state index in [4.69, 9.17) is 16.3 Å². The highest BCUT2D eigenvalue weighted by atomic mass is 79.9. The molecule has 3 aliphatic heterocycles. The number of carbonyl (C=O) groups is 2. The van der Waals surface area contributed by atoms with Crippen molar-refractivity contribution in [2.75, 3.05) is 44.7 Å². The lowest BCUT2D eigenvalue weighted by atomic mass is 9.68. The van der Waals surface area contributed by atoms with Gasteiger partial charge in [-0.3, -0.25) is 14.5 Å². The zero-order chi connectivity index (χ0) is 27.1. The Morgan fingerprint density at radius 2 is 2.00 bits per heavy atom. The molecule has 7 nitrogen and oxygen atoms in total. The summed E-state index contributed by atoms with van der Waals surface area (Å²) in [6.07, 6.45) is 1.12. The lowest BCUT2D eigenvalue weighted by molar-refractivity contribution is -0.123. The molecule has 0 saturated carbocycles. The number of hydrogen-bond donors (Lipinski definition) is 3. The van der Waals surface area contributed by atoms with Crippen LogP contribution in [0.1, 0.15) is 39.2 Å². The summed E-state index contributed by atoms with van der Waals surface area (Å²) in [6.45, 7) is 11.1. The molecule has 1 spiro atoms. The van der Waals surface area contributed by atoms with Crippen LogP contribution < -0.4 is 16.0 Å². The molecule has 9 heteroatoms. The zero-order valence-corrected chi connectivity index (χ0v) is 24.5. The molecule has 2 fully saturated rings.